The van der Waals surface area contributed by atoms with Crippen molar-refractivity contribution in [2.45, 2.75) is 19.3 Å². The van der Waals surface area contributed by atoms with E-state index in [2.05, 4.69) is 32.0 Å². The molecule has 1 aromatic rings. The zero-order chi connectivity index (χ0) is 13.5. The normalized spacial score (nSPS) is 18.5. The van der Waals surface area contributed by atoms with Crippen LogP contribution < -0.4 is 5.73 Å². The third-order valence-corrected chi connectivity index (χ3v) is 5.52. The van der Waals surface area contributed by atoms with Crippen molar-refractivity contribution in [3.05, 3.63) is 22.3 Å². The van der Waals surface area contributed by atoms with Crippen molar-refractivity contribution in [1.29, 1.82) is 0 Å². The molecule has 1 aliphatic rings. The van der Waals surface area contributed by atoms with Gasteiger partial charge in [0.25, 0.3) is 0 Å². The molecule has 0 aromatic carbocycles. The number of nitrogens with zero attached hydrogens (tertiary/aromatic N) is 2. The van der Waals surface area contributed by atoms with Crippen molar-refractivity contribution in [3.8, 4) is 0 Å². The monoisotopic (exact) mass is 359 g/mol. The van der Waals surface area contributed by atoms with Gasteiger partial charge >= 0.3 is 0 Å². The third kappa shape index (κ3) is 5.36. The van der Waals surface area contributed by atoms with E-state index in [1.165, 1.54) is 22.8 Å². The van der Waals surface area contributed by atoms with E-state index in [0.717, 1.165) is 35.3 Å². The number of fused-ring (bicyclic) bond motifs is 1. The van der Waals surface area contributed by atoms with E-state index < -0.39 is 0 Å². The summed E-state index contributed by atoms with van der Waals surface area (Å²) < 4.78 is 1.01. The van der Waals surface area contributed by atoms with Gasteiger partial charge in [-0.05, 0) is 46.2 Å². The molecule has 0 bridgehead atoms. The fourth-order valence-corrected chi connectivity index (χ4v) is 4.25. The second-order valence-corrected chi connectivity index (χ2v) is 7.68. The Bertz CT molecular complexity index is 452. The summed E-state index contributed by atoms with van der Waals surface area (Å²) in [4.78, 5) is 8.88. The zero-order valence-corrected chi connectivity index (χ0v) is 14.0. The van der Waals surface area contributed by atoms with Crippen molar-refractivity contribution >= 4 is 51.1 Å². The van der Waals surface area contributed by atoms with Gasteiger partial charge in [0, 0.05) is 34.3 Å². The number of halogens is 1. The third-order valence-electron chi connectivity index (χ3n) is 2.77. The number of nitrogens with two attached hydrogens (primary N) is 1. The molecule has 0 radical (unpaired) electrons. The Hall–Kier alpha value is -0.200. The number of aromatic nitrogens is 1. The summed E-state index contributed by atoms with van der Waals surface area (Å²) in [6.45, 7) is 0. The molecule has 2 N–H and O–H groups in total. The SMILES string of the molecule is NC1=Nc2ncc(Br)cc2CCCSCCSCC1. The molecule has 0 unspecified atom stereocenters. The number of pyridine rings is 1. The fraction of sp³-hybridized carbons (Fsp3) is 0.538. The van der Waals surface area contributed by atoms with Crippen LogP contribution in [0.4, 0.5) is 5.82 Å². The minimum absolute atomic E-state index is 0.690. The van der Waals surface area contributed by atoms with Gasteiger partial charge in [-0.25, -0.2) is 9.98 Å². The van der Waals surface area contributed by atoms with E-state index in [9.17, 15) is 0 Å². The molecule has 2 rings (SSSR count). The van der Waals surface area contributed by atoms with Gasteiger partial charge in [0.2, 0.25) is 0 Å². The van der Waals surface area contributed by atoms with Crippen LogP contribution in [0.15, 0.2) is 21.7 Å². The Balaban J connectivity index is 2.18. The zero-order valence-electron chi connectivity index (χ0n) is 10.8. The van der Waals surface area contributed by atoms with Crippen LogP contribution in [0.5, 0.6) is 0 Å². The van der Waals surface area contributed by atoms with Gasteiger partial charge in [0.15, 0.2) is 5.82 Å². The Morgan fingerprint density at radius 1 is 1.11 bits per heavy atom. The van der Waals surface area contributed by atoms with Crippen LogP contribution in [-0.2, 0) is 6.42 Å². The second kappa shape index (κ2) is 8.17. The summed E-state index contributed by atoms with van der Waals surface area (Å²) in [6.07, 6.45) is 4.80. The standard InChI is InChI=1S/C13H18BrN3S2/c14-11-8-10-2-1-4-18-6-7-19-5-3-12(15)17-13(10)16-9-11/h8-9H,1-7H2,(H2,15,16,17). The first-order valence-corrected chi connectivity index (χ1v) is 9.49. The molecular weight excluding hydrogens is 342 g/mol. The highest BCUT2D eigenvalue weighted by molar-refractivity contribution is 9.10. The van der Waals surface area contributed by atoms with E-state index in [4.69, 9.17) is 5.73 Å². The summed E-state index contributed by atoms with van der Waals surface area (Å²) >= 11 is 7.46. The van der Waals surface area contributed by atoms with Gasteiger partial charge in [-0.3, -0.25) is 0 Å². The van der Waals surface area contributed by atoms with Crippen LogP contribution in [0, 0.1) is 0 Å². The van der Waals surface area contributed by atoms with Gasteiger partial charge in [0.1, 0.15) is 5.84 Å². The number of aliphatic imine (C=N–C) groups is 1. The Kier molecular flexibility index (Phi) is 6.53. The summed E-state index contributed by atoms with van der Waals surface area (Å²) in [6, 6.07) is 2.11. The van der Waals surface area contributed by atoms with E-state index >= 15 is 0 Å². The highest BCUT2D eigenvalue weighted by atomic mass is 79.9. The van der Waals surface area contributed by atoms with Crippen molar-refractivity contribution in [3.63, 3.8) is 0 Å². The Morgan fingerprint density at radius 2 is 1.89 bits per heavy atom. The lowest BCUT2D eigenvalue weighted by Gasteiger charge is -2.06. The Morgan fingerprint density at radius 3 is 2.74 bits per heavy atom. The molecule has 0 spiro atoms. The first-order valence-electron chi connectivity index (χ1n) is 6.38. The van der Waals surface area contributed by atoms with Crippen LogP contribution in [0.1, 0.15) is 18.4 Å². The highest BCUT2D eigenvalue weighted by Crippen LogP contribution is 2.23. The molecule has 0 amide bonds. The summed E-state index contributed by atoms with van der Waals surface area (Å²) in [5.41, 5.74) is 7.17. The molecule has 2 heterocycles. The lowest BCUT2D eigenvalue weighted by molar-refractivity contribution is 0.922. The molecule has 6 heteroatoms. The number of hydrogen-bond donors (Lipinski definition) is 1. The van der Waals surface area contributed by atoms with Gasteiger partial charge in [0.05, 0.1) is 0 Å². The lowest BCUT2D eigenvalue weighted by Crippen LogP contribution is -2.12. The number of thioether (sulfide) groups is 2. The molecule has 1 aliphatic heterocycles. The van der Waals surface area contributed by atoms with Crippen LogP contribution >= 0.6 is 39.5 Å². The summed E-state index contributed by atoms with van der Waals surface area (Å²) in [5.74, 6) is 6.15. The molecule has 0 saturated carbocycles. The molecule has 3 nitrogen and oxygen atoms in total. The van der Waals surface area contributed by atoms with Crippen LogP contribution in [0.2, 0.25) is 0 Å². The second-order valence-electron chi connectivity index (χ2n) is 4.32. The average Bonchev–Trinajstić information content (AvgIpc) is 2.40. The van der Waals surface area contributed by atoms with Crippen molar-refractivity contribution < 1.29 is 0 Å². The van der Waals surface area contributed by atoms with Crippen LogP contribution in [0.25, 0.3) is 0 Å². The molecule has 0 saturated heterocycles. The first kappa shape index (κ1) is 15.2. The van der Waals surface area contributed by atoms with Gasteiger partial charge in [-0.2, -0.15) is 23.5 Å². The molecule has 0 fully saturated rings. The predicted molar refractivity (Wildman–Crippen MR) is 90.8 cm³/mol. The molecule has 1 aromatic heterocycles. The van der Waals surface area contributed by atoms with Crippen molar-refractivity contribution in [2.24, 2.45) is 10.7 Å². The molecule has 104 valence electrons. The summed E-state index contributed by atoms with van der Waals surface area (Å²) in [7, 11) is 0. The maximum Gasteiger partial charge on any atom is 0.157 e. The minimum Gasteiger partial charge on any atom is -0.387 e. The fourth-order valence-electron chi connectivity index (χ4n) is 1.81. The van der Waals surface area contributed by atoms with E-state index in [1.807, 2.05) is 23.5 Å². The van der Waals surface area contributed by atoms with Crippen molar-refractivity contribution in [2.75, 3.05) is 23.0 Å². The quantitative estimate of drug-likeness (QED) is 0.768. The van der Waals surface area contributed by atoms with Crippen LogP contribution in [0.3, 0.4) is 0 Å². The molecule has 19 heavy (non-hydrogen) atoms. The smallest absolute Gasteiger partial charge is 0.157 e. The number of amidine groups is 1. The number of aryl methyl sites for hydroxylation is 1. The number of rotatable bonds is 0. The highest BCUT2D eigenvalue weighted by Gasteiger charge is 2.06. The van der Waals surface area contributed by atoms with Gasteiger partial charge in [-0.15, -0.1) is 0 Å². The van der Waals surface area contributed by atoms with E-state index in [1.54, 1.807) is 6.20 Å². The lowest BCUT2D eigenvalue weighted by atomic mass is 10.1. The summed E-state index contributed by atoms with van der Waals surface area (Å²) in [5, 5.41) is 0. The Labute approximate surface area is 131 Å². The molecule has 0 atom stereocenters. The van der Waals surface area contributed by atoms with E-state index in [0.29, 0.717) is 5.84 Å². The molecular formula is C13H18BrN3S2. The maximum atomic E-state index is 5.99. The molecule has 0 aliphatic carbocycles. The van der Waals surface area contributed by atoms with Gasteiger partial charge < -0.3 is 5.73 Å². The maximum absolute atomic E-state index is 5.99. The number of hydrogen-bond acceptors (Lipinski definition) is 5. The minimum atomic E-state index is 0.690. The predicted octanol–water partition coefficient (Wildman–Crippen LogP) is 3.64. The van der Waals surface area contributed by atoms with Crippen molar-refractivity contribution in [1.82, 2.24) is 4.98 Å². The van der Waals surface area contributed by atoms with E-state index in [-0.39, 0.29) is 0 Å². The van der Waals surface area contributed by atoms with Gasteiger partial charge in [-0.1, -0.05) is 0 Å². The topological polar surface area (TPSA) is 51.3 Å². The largest absolute Gasteiger partial charge is 0.387 e. The first-order chi connectivity index (χ1) is 9.25. The van der Waals surface area contributed by atoms with Crippen LogP contribution in [-0.4, -0.2) is 33.8 Å². The average molecular weight is 360 g/mol.